The van der Waals surface area contributed by atoms with Gasteiger partial charge in [-0.05, 0) is 64.8 Å². The number of esters is 1. The van der Waals surface area contributed by atoms with E-state index in [1.54, 1.807) is 23.0 Å². The summed E-state index contributed by atoms with van der Waals surface area (Å²) in [6.45, 7) is 9.52. The number of pyridine rings is 1. The maximum absolute atomic E-state index is 13.9. The zero-order valence-corrected chi connectivity index (χ0v) is 22.8. The van der Waals surface area contributed by atoms with Crippen molar-refractivity contribution in [2.75, 3.05) is 25.1 Å². The number of aromatic nitrogens is 4. The van der Waals surface area contributed by atoms with E-state index in [1.165, 1.54) is 12.1 Å². The first-order valence-electron chi connectivity index (χ1n) is 13.4. The molecular weight excluding hydrogens is 499 g/mol. The highest BCUT2D eigenvalue weighted by atomic mass is 19.1. The summed E-state index contributed by atoms with van der Waals surface area (Å²) in [6, 6.07) is 8.72. The lowest BCUT2D eigenvalue weighted by Gasteiger charge is -2.27. The van der Waals surface area contributed by atoms with Crippen LogP contribution in [-0.2, 0) is 14.3 Å². The summed E-state index contributed by atoms with van der Waals surface area (Å²) < 4.78 is 26.6. The number of nitrogens with zero attached hydrogens (tertiary/aromatic N) is 4. The predicted molar refractivity (Wildman–Crippen MR) is 148 cm³/mol. The van der Waals surface area contributed by atoms with Crippen LogP contribution in [0, 0.1) is 5.82 Å². The number of rotatable bonds is 8. The van der Waals surface area contributed by atoms with Crippen LogP contribution in [0.4, 0.5) is 10.2 Å². The van der Waals surface area contributed by atoms with Gasteiger partial charge in [-0.2, -0.15) is 9.61 Å². The standard InChI is InChI=1S/C29H35FN6O3/c1-18(34-22-8-11-38-12-9-22)25-15-26(31-10-7-27(37)39-29(2,3)4)36-28(35-25)23(17-33-36)20-13-19-14-21(30)5-6-24(19)32-16-20/h5-6,13-18,22,31,34H,7-12H2,1-4H3. The molecule has 39 heavy (non-hydrogen) atoms. The monoisotopic (exact) mass is 534 g/mol. The second-order valence-corrected chi connectivity index (χ2v) is 11.0. The molecule has 4 aromatic rings. The molecule has 10 heteroatoms. The smallest absolute Gasteiger partial charge is 0.308 e. The Labute approximate surface area is 227 Å². The third kappa shape index (κ3) is 6.51. The minimum Gasteiger partial charge on any atom is -0.460 e. The second-order valence-electron chi connectivity index (χ2n) is 11.0. The van der Waals surface area contributed by atoms with Crippen LogP contribution in [0.3, 0.4) is 0 Å². The Balaban J connectivity index is 1.48. The van der Waals surface area contributed by atoms with E-state index in [4.69, 9.17) is 14.5 Å². The third-order valence-corrected chi connectivity index (χ3v) is 6.65. The SMILES string of the molecule is CC(NC1CCOCC1)c1cc(NCCC(=O)OC(C)(C)C)n2ncc(-c3cnc4ccc(F)cc4c3)c2n1. The Hall–Kier alpha value is -3.63. The van der Waals surface area contributed by atoms with E-state index in [0.29, 0.717) is 35.0 Å². The van der Waals surface area contributed by atoms with Gasteiger partial charge in [0.25, 0.3) is 0 Å². The lowest BCUT2D eigenvalue weighted by Crippen LogP contribution is -2.36. The van der Waals surface area contributed by atoms with Crippen LogP contribution in [0.2, 0.25) is 0 Å². The van der Waals surface area contributed by atoms with Crippen LogP contribution in [0.25, 0.3) is 27.7 Å². The quantitative estimate of drug-likeness (QED) is 0.303. The molecule has 1 atom stereocenters. The number of anilines is 1. The minimum atomic E-state index is -0.535. The van der Waals surface area contributed by atoms with E-state index in [9.17, 15) is 9.18 Å². The Morgan fingerprint density at radius 3 is 2.77 bits per heavy atom. The predicted octanol–water partition coefficient (Wildman–Crippen LogP) is 5.06. The Morgan fingerprint density at radius 1 is 1.21 bits per heavy atom. The molecule has 2 N–H and O–H groups in total. The molecule has 0 radical (unpaired) electrons. The Morgan fingerprint density at radius 2 is 2.00 bits per heavy atom. The average Bonchev–Trinajstić information content (AvgIpc) is 3.32. The lowest BCUT2D eigenvalue weighted by molar-refractivity contribution is -0.154. The summed E-state index contributed by atoms with van der Waals surface area (Å²) >= 11 is 0. The third-order valence-electron chi connectivity index (χ3n) is 6.65. The topological polar surface area (TPSA) is 103 Å². The zero-order chi connectivity index (χ0) is 27.6. The molecule has 0 spiro atoms. The van der Waals surface area contributed by atoms with Gasteiger partial charge in [0.1, 0.15) is 17.2 Å². The van der Waals surface area contributed by atoms with Gasteiger partial charge in [-0.25, -0.2) is 9.37 Å². The molecule has 1 aromatic carbocycles. The number of hydrogen-bond acceptors (Lipinski definition) is 8. The van der Waals surface area contributed by atoms with Gasteiger partial charge in [0, 0.05) is 60.6 Å². The Kier molecular flexibility index (Phi) is 7.76. The highest BCUT2D eigenvalue weighted by molar-refractivity contribution is 5.87. The molecule has 0 amide bonds. The van der Waals surface area contributed by atoms with Crippen LogP contribution in [-0.4, -0.2) is 57.0 Å². The molecule has 1 aliphatic rings. The molecule has 0 bridgehead atoms. The summed E-state index contributed by atoms with van der Waals surface area (Å²) in [5, 5.41) is 12.3. The first-order valence-corrected chi connectivity index (χ1v) is 13.4. The largest absolute Gasteiger partial charge is 0.460 e. The van der Waals surface area contributed by atoms with Gasteiger partial charge >= 0.3 is 5.97 Å². The molecule has 5 rings (SSSR count). The molecule has 1 unspecified atom stereocenters. The molecule has 4 heterocycles. The maximum atomic E-state index is 13.9. The van der Waals surface area contributed by atoms with Gasteiger partial charge in [0.2, 0.25) is 0 Å². The molecule has 1 saturated heterocycles. The molecule has 9 nitrogen and oxygen atoms in total. The Bertz CT molecular complexity index is 1480. The zero-order valence-electron chi connectivity index (χ0n) is 22.8. The van der Waals surface area contributed by atoms with Crippen LogP contribution in [0.5, 0.6) is 0 Å². The van der Waals surface area contributed by atoms with Gasteiger partial charge < -0.3 is 20.1 Å². The van der Waals surface area contributed by atoms with Crippen molar-refractivity contribution in [1.82, 2.24) is 24.9 Å². The van der Waals surface area contributed by atoms with Crippen LogP contribution in [0.15, 0.2) is 42.7 Å². The fourth-order valence-corrected chi connectivity index (χ4v) is 4.77. The highest BCUT2D eigenvalue weighted by Crippen LogP contribution is 2.29. The fraction of sp³-hybridized carbons (Fsp3) is 0.448. The molecule has 1 aliphatic heterocycles. The van der Waals surface area contributed by atoms with Crippen LogP contribution >= 0.6 is 0 Å². The number of ether oxygens (including phenoxy) is 2. The van der Waals surface area contributed by atoms with Crippen molar-refractivity contribution in [2.24, 2.45) is 0 Å². The van der Waals surface area contributed by atoms with E-state index in [2.05, 4.69) is 27.6 Å². The molecule has 0 aliphatic carbocycles. The van der Waals surface area contributed by atoms with Crippen molar-refractivity contribution < 1.29 is 18.7 Å². The number of benzene rings is 1. The highest BCUT2D eigenvalue weighted by Gasteiger charge is 2.21. The molecule has 206 valence electrons. The van der Waals surface area contributed by atoms with Crippen molar-refractivity contribution in [3.63, 3.8) is 0 Å². The summed E-state index contributed by atoms with van der Waals surface area (Å²) in [7, 11) is 0. The average molecular weight is 535 g/mol. The van der Waals surface area contributed by atoms with Crippen molar-refractivity contribution in [3.8, 4) is 11.1 Å². The number of hydrogen-bond donors (Lipinski definition) is 2. The first kappa shape index (κ1) is 27.0. The molecule has 0 saturated carbocycles. The van der Waals surface area contributed by atoms with Gasteiger partial charge in [0.15, 0.2) is 5.65 Å². The fourth-order valence-electron chi connectivity index (χ4n) is 4.77. The first-order chi connectivity index (χ1) is 18.7. The van der Waals surface area contributed by atoms with E-state index in [1.807, 2.05) is 32.9 Å². The van der Waals surface area contributed by atoms with E-state index in [0.717, 1.165) is 42.9 Å². The lowest BCUT2D eigenvalue weighted by atomic mass is 10.1. The van der Waals surface area contributed by atoms with Crippen LogP contribution < -0.4 is 10.6 Å². The summed E-state index contributed by atoms with van der Waals surface area (Å²) in [4.78, 5) is 21.8. The molecule has 3 aromatic heterocycles. The molecule has 1 fully saturated rings. The summed E-state index contributed by atoms with van der Waals surface area (Å²) in [6.07, 6.45) is 5.60. The summed E-state index contributed by atoms with van der Waals surface area (Å²) in [5.74, 6) is 0.127. The summed E-state index contributed by atoms with van der Waals surface area (Å²) in [5.41, 5.74) is 3.24. The number of nitrogens with one attached hydrogen (secondary N) is 2. The van der Waals surface area contributed by atoms with Gasteiger partial charge in [-0.3, -0.25) is 9.78 Å². The number of fused-ring (bicyclic) bond motifs is 2. The van der Waals surface area contributed by atoms with Gasteiger partial charge in [-0.1, -0.05) is 0 Å². The van der Waals surface area contributed by atoms with E-state index < -0.39 is 5.60 Å². The molecular formula is C29H35FN6O3. The second kappa shape index (κ2) is 11.2. The minimum absolute atomic E-state index is 0.0314. The number of carbonyl (C=O) groups excluding carboxylic acids is 1. The van der Waals surface area contributed by atoms with Gasteiger partial charge in [0.05, 0.1) is 23.8 Å². The normalized spacial score (nSPS) is 15.5. The van der Waals surface area contributed by atoms with Crippen molar-refractivity contribution in [2.45, 2.75) is 64.6 Å². The maximum Gasteiger partial charge on any atom is 0.308 e. The van der Waals surface area contributed by atoms with Crippen molar-refractivity contribution in [1.29, 1.82) is 0 Å². The van der Waals surface area contributed by atoms with Crippen LogP contribution in [0.1, 0.15) is 58.7 Å². The van der Waals surface area contributed by atoms with E-state index >= 15 is 0 Å². The van der Waals surface area contributed by atoms with Gasteiger partial charge in [-0.15, -0.1) is 0 Å². The number of halogens is 1. The van der Waals surface area contributed by atoms with E-state index in [-0.39, 0.29) is 24.2 Å². The van der Waals surface area contributed by atoms with Crippen molar-refractivity contribution in [3.05, 3.63) is 54.2 Å². The van der Waals surface area contributed by atoms with Crippen molar-refractivity contribution >= 4 is 28.3 Å². The number of carbonyl (C=O) groups is 1.